The van der Waals surface area contributed by atoms with Gasteiger partial charge in [-0.15, -0.1) is 0 Å². The molecule has 28 heavy (non-hydrogen) atoms. The molecule has 1 atom stereocenters. The van der Waals surface area contributed by atoms with Crippen molar-refractivity contribution in [2.45, 2.75) is 19.4 Å². The lowest BCUT2D eigenvalue weighted by Crippen LogP contribution is -2.33. The van der Waals surface area contributed by atoms with Gasteiger partial charge in [0.15, 0.2) is 0 Å². The molecule has 9 nitrogen and oxygen atoms in total. The number of fused-ring (bicyclic) bond motifs is 1. The Morgan fingerprint density at radius 1 is 1.25 bits per heavy atom. The van der Waals surface area contributed by atoms with Gasteiger partial charge in [0.1, 0.15) is 11.4 Å². The number of rotatable bonds is 5. The number of nitrogens with one attached hydrogen (secondary N) is 2. The number of nitrogens with zero attached hydrogens (tertiary/aromatic N) is 5. The molecule has 1 amide bonds. The topological polar surface area (TPSA) is 118 Å². The highest BCUT2D eigenvalue weighted by Crippen LogP contribution is 2.16. The molecule has 0 bridgehead atoms. The average molecular weight is 375 g/mol. The molecule has 0 fully saturated rings. The van der Waals surface area contributed by atoms with Gasteiger partial charge in [-0.1, -0.05) is 6.92 Å². The maximum Gasteiger partial charge on any atom is 0.264 e. The van der Waals surface area contributed by atoms with Crippen molar-refractivity contribution in [1.82, 2.24) is 34.6 Å². The van der Waals surface area contributed by atoms with E-state index < -0.39 is 11.5 Å². The van der Waals surface area contributed by atoms with Crippen molar-refractivity contribution in [2.75, 3.05) is 0 Å². The van der Waals surface area contributed by atoms with Crippen LogP contribution in [0, 0.1) is 0 Å². The third-order valence-electron chi connectivity index (χ3n) is 4.30. The molecule has 4 rings (SSSR count). The predicted molar refractivity (Wildman–Crippen MR) is 102 cm³/mol. The maximum atomic E-state index is 12.6. The molecular formula is C19H17N7O2. The summed E-state index contributed by atoms with van der Waals surface area (Å²) in [5.41, 5.74) is 0.756. The van der Waals surface area contributed by atoms with Crippen molar-refractivity contribution < 1.29 is 4.79 Å². The fraction of sp³-hybridized carbons (Fsp3) is 0.158. The van der Waals surface area contributed by atoms with E-state index in [9.17, 15) is 9.59 Å². The third kappa shape index (κ3) is 3.37. The second-order valence-electron chi connectivity index (χ2n) is 6.14. The fourth-order valence-corrected chi connectivity index (χ4v) is 2.84. The van der Waals surface area contributed by atoms with Crippen LogP contribution in [-0.4, -0.2) is 35.2 Å². The van der Waals surface area contributed by atoms with Crippen molar-refractivity contribution in [3.8, 4) is 11.4 Å². The van der Waals surface area contributed by atoms with Gasteiger partial charge in [-0.05, 0) is 24.6 Å². The first kappa shape index (κ1) is 17.5. The quantitative estimate of drug-likeness (QED) is 0.549. The van der Waals surface area contributed by atoms with E-state index >= 15 is 0 Å². The van der Waals surface area contributed by atoms with Gasteiger partial charge in [0.05, 0.1) is 11.7 Å². The Morgan fingerprint density at radius 3 is 2.86 bits per heavy atom. The lowest BCUT2D eigenvalue weighted by molar-refractivity contribution is 0.0933. The number of hydrogen-bond donors (Lipinski definition) is 2. The van der Waals surface area contributed by atoms with Crippen LogP contribution in [0.4, 0.5) is 0 Å². The number of carbonyl (C=O) groups excluding carboxylic acids is 1. The minimum atomic E-state index is -0.516. The maximum absolute atomic E-state index is 12.6. The molecular weight excluding hydrogens is 358 g/mol. The molecule has 0 aliphatic heterocycles. The van der Waals surface area contributed by atoms with E-state index in [1.165, 1.54) is 6.20 Å². The highest BCUT2D eigenvalue weighted by molar-refractivity contribution is 5.93. The third-order valence-corrected chi connectivity index (χ3v) is 4.30. The zero-order chi connectivity index (χ0) is 19.5. The van der Waals surface area contributed by atoms with Gasteiger partial charge in [0.2, 0.25) is 5.78 Å². The zero-order valence-electron chi connectivity index (χ0n) is 15.0. The van der Waals surface area contributed by atoms with Crippen LogP contribution in [-0.2, 0) is 0 Å². The van der Waals surface area contributed by atoms with Crippen LogP contribution in [0.1, 0.15) is 35.4 Å². The summed E-state index contributed by atoms with van der Waals surface area (Å²) in [4.78, 5) is 44.5. The highest BCUT2D eigenvalue weighted by atomic mass is 16.2. The number of aromatic amines is 1. The number of pyridine rings is 1. The van der Waals surface area contributed by atoms with E-state index in [1.54, 1.807) is 41.2 Å². The SMILES string of the molecule is CC[C@H](NC(=O)c1cnc(-c2cccnc2)[nH]c1=O)c1cn2cccnc2n1. The highest BCUT2D eigenvalue weighted by Gasteiger charge is 2.20. The minimum Gasteiger partial charge on any atom is -0.343 e. The van der Waals surface area contributed by atoms with Gasteiger partial charge >= 0.3 is 0 Å². The van der Waals surface area contributed by atoms with E-state index in [4.69, 9.17) is 0 Å². The summed E-state index contributed by atoms with van der Waals surface area (Å²) in [6, 6.07) is 4.96. The first-order valence-electron chi connectivity index (χ1n) is 8.76. The number of H-pyrrole nitrogens is 1. The Hall–Kier alpha value is -3.88. The molecule has 0 aliphatic rings. The molecule has 9 heteroatoms. The van der Waals surface area contributed by atoms with Crippen LogP contribution in [0.3, 0.4) is 0 Å². The van der Waals surface area contributed by atoms with E-state index in [0.717, 1.165) is 0 Å². The van der Waals surface area contributed by atoms with Crippen molar-refractivity contribution in [2.24, 2.45) is 0 Å². The summed E-state index contributed by atoms with van der Waals surface area (Å²) in [5.74, 6) is 0.391. The van der Waals surface area contributed by atoms with Crippen LogP contribution in [0.25, 0.3) is 17.2 Å². The lowest BCUT2D eigenvalue weighted by atomic mass is 10.1. The summed E-state index contributed by atoms with van der Waals surface area (Å²) in [5, 5.41) is 2.85. The van der Waals surface area contributed by atoms with Gasteiger partial charge < -0.3 is 10.3 Å². The monoisotopic (exact) mass is 375 g/mol. The molecule has 0 saturated carbocycles. The molecule has 4 heterocycles. The van der Waals surface area contributed by atoms with Crippen LogP contribution >= 0.6 is 0 Å². The Bertz CT molecular complexity index is 1150. The van der Waals surface area contributed by atoms with Crippen LogP contribution < -0.4 is 10.9 Å². The lowest BCUT2D eigenvalue weighted by Gasteiger charge is -2.14. The van der Waals surface area contributed by atoms with Gasteiger partial charge in [-0.3, -0.25) is 19.0 Å². The van der Waals surface area contributed by atoms with Gasteiger partial charge in [-0.25, -0.2) is 15.0 Å². The predicted octanol–water partition coefficient (Wildman–Crippen LogP) is 1.76. The number of amides is 1. The van der Waals surface area contributed by atoms with Crippen LogP contribution in [0.2, 0.25) is 0 Å². The van der Waals surface area contributed by atoms with Gasteiger partial charge in [0.25, 0.3) is 11.5 Å². The van der Waals surface area contributed by atoms with E-state index in [0.29, 0.717) is 29.3 Å². The Labute approximate surface area is 159 Å². The summed E-state index contributed by atoms with van der Waals surface area (Å²) >= 11 is 0. The first-order chi connectivity index (χ1) is 13.7. The van der Waals surface area contributed by atoms with E-state index in [-0.39, 0.29) is 11.6 Å². The van der Waals surface area contributed by atoms with Crippen LogP contribution in [0.15, 0.2) is 60.2 Å². The Kier molecular flexibility index (Phi) is 4.63. The molecule has 0 aliphatic carbocycles. The van der Waals surface area contributed by atoms with Crippen molar-refractivity contribution >= 4 is 11.7 Å². The standard InChI is InChI=1S/C19H17N7O2/c1-2-14(15-11-26-8-4-7-21-19(26)24-15)23-17(27)13-10-22-16(25-18(13)28)12-5-3-6-20-9-12/h3-11,14H,2H2,1H3,(H,23,27)(H,22,25,28)/t14-/m0/s1. The smallest absolute Gasteiger partial charge is 0.264 e. The van der Waals surface area contributed by atoms with Crippen molar-refractivity contribution in [3.05, 3.63) is 77.0 Å². The minimum absolute atomic E-state index is 0.0621. The molecule has 0 saturated heterocycles. The number of aromatic nitrogens is 6. The summed E-state index contributed by atoms with van der Waals surface area (Å²) in [6.45, 7) is 1.93. The number of carbonyl (C=O) groups is 1. The van der Waals surface area contributed by atoms with Gasteiger partial charge in [-0.2, -0.15) is 0 Å². The second kappa shape index (κ2) is 7.39. The molecule has 4 aromatic heterocycles. The molecule has 0 unspecified atom stereocenters. The first-order valence-corrected chi connectivity index (χ1v) is 8.76. The summed E-state index contributed by atoms with van der Waals surface area (Å²) in [7, 11) is 0. The van der Waals surface area contributed by atoms with Crippen LogP contribution in [0.5, 0.6) is 0 Å². The molecule has 4 aromatic rings. The summed E-state index contributed by atoms with van der Waals surface area (Å²) in [6.07, 6.45) is 10.4. The molecule has 140 valence electrons. The normalized spacial score (nSPS) is 12.0. The second-order valence-corrected chi connectivity index (χ2v) is 6.14. The molecule has 0 aromatic carbocycles. The van der Waals surface area contributed by atoms with Gasteiger partial charge in [0, 0.05) is 42.7 Å². The van der Waals surface area contributed by atoms with E-state index in [2.05, 4.69) is 30.2 Å². The average Bonchev–Trinajstić information content (AvgIpc) is 3.16. The fourth-order valence-electron chi connectivity index (χ4n) is 2.84. The number of imidazole rings is 1. The Balaban J connectivity index is 1.57. The van der Waals surface area contributed by atoms with Crippen molar-refractivity contribution in [1.29, 1.82) is 0 Å². The molecule has 0 spiro atoms. The molecule has 0 radical (unpaired) electrons. The zero-order valence-corrected chi connectivity index (χ0v) is 15.0. The Morgan fingerprint density at radius 2 is 2.14 bits per heavy atom. The molecule has 2 N–H and O–H groups in total. The largest absolute Gasteiger partial charge is 0.343 e. The summed E-state index contributed by atoms with van der Waals surface area (Å²) < 4.78 is 1.78. The van der Waals surface area contributed by atoms with E-state index in [1.807, 2.05) is 19.3 Å². The van der Waals surface area contributed by atoms with Crippen molar-refractivity contribution in [3.63, 3.8) is 0 Å². The number of hydrogen-bond acceptors (Lipinski definition) is 6.